The molecule has 0 aliphatic heterocycles. The molecule has 0 fully saturated rings. The highest BCUT2D eigenvalue weighted by molar-refractivity contribution is 6.32. The number of hydrogen-bond donors (Lipinski definition) is 2. The van der Waals surface area contributed by atoms with Crippen molar-refractivity contribution in [3.63, 3.8) is 0 Å². The average molecular weight is 309 g/mol. The van der Waals surface area contributed by atoms with E-state index in [4.69, 9.17) is 11.6 Å². The molecule has 8 heteroatoms. The molecule has 110 valence electrons. The van der Waals surface area contributed by atoms with Crippen molar-refractivity contribution in [1.82, 2.24) is 15.3 Å². The minimum Gasteiger partial charge on any atom is -0.347 e. The SMILES string of the molecule is CCC(NC(=O)c1ccc(Cl)c([N+](=O)[O-])c1)c1ncc[nH]1. The van der Waals surface area contributed by atoms with Crippen molar-refractivity contribution in [2.75, 3.05) is 0 Å². The fourth-order valence-corrected chi connectivity index (χ4v) is 2.05. The molecule has 1 unspecified atom stereocenters. The van der Waals surface area contributed by atoms with Crippen LogP contribution in [0, 0.1) is 10.1 Å². The zero-order valence-corrected chi connectivity index (χ0v) is 11.9. The number of halogens is 1. The molecule has 0 aliphatic carbocycles. The second-order valence-electron chi connectivity index (χ2n) is 4.33. The Morgan fingerprint density at radius 3 is 2.90 bits per heavy atom. The highest BCUT2D eigenvalue weighted by atomic mass is 35.5. The largest absolute Gasteiger partial charge is 0.347 e. The maximum absolute atomic E-state index is 12.2. The number of aromatic amines is 1. The van der Waals surface area contributed by atoms with E-state index in [0.29, 0.717) is 12.2 Å². The molecule has 1 atom stereocenters. The second kappa shape index (κ2) is 6.36. The van der Waals surface area contributed by atoms with Gasteiger partial charge in [-0.25, -0.2) is 4.98 Å². The molecule has 2 aromatic rings. The van der Waals surface area contributed by atoms with Gasteiger partial charge in [-0.05, 0) is 18.6 Å². The van der Waals surface area contributed by atoms with E-state index in [0.717, 1.165) is 6.07 Å². The number of imidazole rings is 1. The Kier molecular flexibility index (Phi) is 4.54. The molecular formula is C13H13ClN4O3. The lowest BCUT2D eigenvalue weighted by molar-refractivity contribution is -0.384. The third-order valence-corrected chi connectivity index (χ3v) is 3.29. The first-order valence-electron chi connectivity index (χ1n) is 6.27. The lowest BCUT2D eigenvalue weighted by atomic mass is 10.1. The van der Waals surface area contributed by atoms with Crippen LogP contribution < -0.4 is 5.32 Å². The lowest BCUT2D eigenvalue weighted by Crippen LogP contribution is -2.28. The molecule has 1 amide bonds. The maximum Gasteiger partial charge on any atom is 0.288 e. The van der Waals surface area contributed by atoms with E-state index in [9.17, 15) is 14.9 Å². The van der Waals surface area contributed by atoms with Crippen molar-refractivity contribution in [3.8, 4) is 0 Å². The summed E-state index contributed by atoms with van der Waals surface area (Å²) in [7, 11) is 0. The van der Waals surface area contributed by atoms with Crippen LogP contribution in [0.15, 0.2) is 30.6 Å². The maximum atomic E-state index is 12.2. The number of carbonyl (C=O) groups is 1. The van der Waals surface area contributed by atoms with Crippen LogP contribution in [0.4, 0.5) is 5.69 Å². The minimum atomic E-state index is -0.622. The molecule has 0 aliphatic rings. The molecule has 0 spiro atoms. The monoisotopic (exact) mass is 308 g/mol. The standard InChI is InChI=1S/C13H13ClN4O3/c1-2-10(12-15-5-6-16-12)17-13(19)8-3-4-9(14)11(7-8)18(20)21/h3-7,10H,2H2,1H3,(H,15,16)(H,17,19). The van der Waals surface area contributed by atoms with Crippen molar-refractivity contribution in [1.29, 1.82) is 0 Å². The van der Waals surface area contributed by atoms with Gasteiger partial charge in [0.2, 0.25) is 0 Å². The minimum absolute atomic E-state index is 0.00498. The number of nitrogens with zero attached hydrogens (tertiary/aromatic N) is 2. The first-order chi connectivity index (χ1) is 10.0. The van der Waals surface area contributed by atoms with Crippen molar-refractivity contribution in [2.45, 2.75) is 19.4 Å². The molecule has 1 aromatic carbocycles. The number of benzene rings is 1. The van der Waals surface area contributed by atoms with Crippen molar-refractivity contribution >= 4 is 23.2 Å². The average Bonchev–Trinajstić information content (AvgIpc) is 2.98. The zero-order valence-electron chi connectivity index (χ0n) is 11.2. The van der Waals surface area contributed by atoms with Gasteiger partial charge in [-0.2, -0.15) is 0 Å². The van der Waals surface area contributed by atoms with Gasteiger partial charge in [0.1, 0.15) is 10.8 Å². The van der Waals surface area contributed by atoms with Crippen LogP contribution in [0.3, 0.4) is 0 Å². The van der Waals surface area contributed by atoms with Gasteiger partial charge >= 0.3 is 0 Å². The molecule has 0 bridgehead atoms. The van der Waals surface area contributed by atoms with E-state index in [2.05, 4.69) is 15.3 Å². The Morgan fingerprint density at radius 2 is 2.33 bits per heavy atom. The van der Waals surface area contributed by atoms with E-state index in [1.54, 1.807) is 12.4 Å². The fourth-order valence-electron chi connectivity index (χ4n) is 1.87. The van der Waals surface area contributed by atoms with Crippen molar-refractivity contribution in [2.24, 2.45) is 0 Å². The second-order valence-corrected chi connectivity index (χ2v) is 4.74. The van der Waals surface area contributed by atoms with E-state index >= 15 is 0 Å². The van der Waals surface area contributed by atoms with Crippen LogP contribution >= 0.6 is 11.6 Å². The number of nitro benzene ring substituents is 1. The Hall–Kier alpha value is -2.41. The molecule has 1 aromatic heterocycles. The number of H-pyrrole nitrogens is 1. The summed E-state index contributed by atoms with van der Waals surface area (Å²) in [4.78, 5) is 29.4. The van der Waals surface area contributed by atoms with Crippen molar-refractivity contribution < 1.29 is 9.72 Å². The summed E-state index contributed by atoms with van der Waals surface area (Å²) in [6.45, 7) is 1.90. The number of aromatic nitrogens is 2. The van der Waals surface area contributed by atoms with Crippen molar-refractivity contribution in [3.05, 3.63) is 57.1 Å². The van der Waals surface area contributed by atoms with E-state index in [-0.39, 0.29) is 22.3 Å². The first-order valence-corrected chi connectivity index (χ1v) is 6.64. The highest BCUT2D eigenvalue weighted by Crippen LogP contribution is 2.25. The third kappa shape index (κ3) is 3.38. The molecule has 2 rings (SSSR count). The van der Waals surface area contributed by atoms with Gasteiger partial charge in [0, 0.05) is 24.0 Å². The summed E-state index contributed by atoms with van der Waals surface area (Å²) in [5, 5.41) is 13.6. The molecular weight excluding hydrogens is 296 g/mol. The normalized spacial score (nSPS) is 11.9. The van der Waals surface area contributed by atoms with E-state index in [1.165, 1.54) is 12.1 Å². The Balaban J connectivity index is 2.20. The first kappa shape index (κ1) is 15.0. The number of rotatable bonds is 5. The van der Waals surface area contributed by atoms with Gasteiger partial charge in [0.25, 0.3) is 11.6 Å². The number of amides is 1. The van der Waals surface area contributed by atoms with Gasteiger partial charge in [0.15, 0.2) is 0 Å². The predicted molar refractivity (Wildman–Crippen MR) is 77.2 cm³/mol. The predicted octanol–water partition coefficient (Wildman–Crippen LogP) is 2.85. The fraction of sp³-hybridized carbons (Fsp3) is 0.231. The quantitative estimate of drug-likeness (QED) is 0.655. The third-order valence-electron chi connectivity index (χ3n) is 2.97. The summed E-state index contributed by atoms with van der Waals surface area (Å²) in [6, 6.07) is 3.65. The van der Waals surface area contributed by atoms with E-state index < -0.39 is 10.8 Å². The molecule has 2 N–H and O–H groups in total. The van der Waals surface area contributed by atoms with Gasteiger partial charge in [0.05, 0.1) is 11.0 Å². The molecule has 0 radical (unpaired) electrons. The Morgan fingerprint density at radius 1 is 1.57 bits per heavy atom. The Bertz CT molecular complexity index is 657. The Labute approximate surface area is 125 Å². The number of nitrogens with one attached hydrogen (secondary N) is 2. The molecule has 21 heavy (non-hydrogen) atoms. The van der Waals surface area contributed by atoms with Crippen LogP contribution in [-0.2, 0) is 0 Å². The molecule has 7 nitrogen and oxygen atoms in total. The molecule has 1 heterocycles. The van der Waals surface area contributed by atoms with Crippen LogP contribution in [0.5, 0.6) is 0 Å². The molecule has 0 saturated heterocycles. The topological polar surface area (TPSA) is 101 Å². The highest BCUT2D eigenvalue weighted by Gasteiger charge is 2.19. The van der Waals surface area contributed by atoms with Gasteiger partial charge in [-0.15, -0.1) is 0 Å². The summed E-state index contributed by atoms with van der Waals surface area (Å²) >= 11 is 5.72. The summed E-state index contributed by atoms with van der Waals surface area (Å²) < 4.78 is 0. The van der Waals surface area contributed by atoms with Crippen LogP contribution in [0.2, 0.25) is 5.02 Å². The number of hydrogen-bond acceptors (Lipinski definition) is 4. The summed E-state index contributed by atoms with van der Waals surface area (Å²) in [6.07, 6.45) is 3.89. The zero-order chi connectivity index (χ0) is 15.4. The summed E-state index contributed by atoms with van der Waals surface area (Å²) in [5.74, 6) is 0.215. The molecule has 0 saturated carbocycles. The summed E-state index contributed by atoms with van der Waals surface area (Å²) in [5.41, 5.74) is -0.119. The van der Waals surface area contributed by atoms with Gasteiger partial charge in [-0.3, -0.25) is 14.9 Å². The van der Waals surface area contributed by atoms with Gasteiger partial charge < -0.3 is 10.3 Å². The van der Waals surface area contributed by atoms with E-state index in [1.807, 2.05) is 6.92 Å². The number of nitro groups is 1. The van der Waals surface area contributed by atoms with Gasteiger partial charge in [-0.1, -0.05) is 18.5 Å². The van der Waals surface area contributed by atoms with Crippen LogP contribution in [0.25, 0.3) is 0 Å². The smallest absolute Gasteiger partial charge is 0.288 e. The lowest BCUT2D eigenvalue weighted by Gasteiger charge is -2.14. The number of carbonyl (C=O) groups excluding carboxylic acids is 1. The van der Waals surface area contributed by atoms with Crippen LogP contribution in [-0.4, -0.2) is 20.8 Å². The van der Waals surface area contributed by atoms with Crippen LogP contribution in [0.1, 0.15) is 35.6 Å².